The Morgan fingerprint density at radius 2 is 1.73 bits per heavy atom. The second-order valence-electron chi connectivity index (χ2n) is 10.6. The molecule has 2 N–H and O–H groups in total. The molecule has 192 valence electrons. The molecule has 0 radical (unpaired) electrons. The van der Waals surface area contributed by atoms with Crippen LogP contribution in [0, 0.1) is 0 Å². The van der Waals surface area contributed by atoms with Gasteiger partial charge in [0.05, 0.1) is 7.11 Å². The van der Waals surface area contributed by atoms with Gasteiger partial charge in [-0.25, -0.2) is 0 Å². The Morgan fingerprint density at radius 1 is 1.05 bits per heavy atom. The van der Waals surface area contributed by atoms with E-state index in [4.69, 9.17) is 4.74 Å². The van der Waals surface area contributed by atoms with Crippen LogP contribution in [-0.2, 0) is 9.59 Å². The topological polar surface area (TPSA) is 78.9 Å². The quantitative estimate of drug-likeness (QED) is 0.419. The summed E-state index contributed by atoms with van der Waals surface area (Å²) >= 11 is 0. The van der Waals surface area contributed by atoms with E-state index in [0.717, 1.165) is 11.1 Å². The molecule has 0 aromatic heterocycles. The summed E-state index contributed by atoms with van der Waals surface area (Å²) in [7, 11) is 1.48. The van der Waals surface area contributed by atoms with Gasteiger partial charge in [-0.2, -0.15) is 0 Å². The van der Waals surface area contributed by atoms with Gasteiger partial charge in [-0.05, 0) is 79.3 Å². The number of nitrogens with one attached hydrogen (secondary N) is 1. The molecule has 1 atom stereocenters. The van der Waals surface area contributed by atoms with Gasteiger partial charge in [0.1, 0.15) is 6.04 Å². The molecule has 1 heterocycles. The maximum atomic E-state index is 14.2. The van der Waals surface area contributed by atoms with E-state index in [2.05, 4.69) is 19.2 Å². The number of amides is 2. The van der Waals surface area contributed by atoms with Crippen molar-refractivity contribution in [2.75, 3.05) is 12.0 Å². The van der Waals surface area contributed by atoms with Gasteiger partial charge in [0.2, 0.25) is 5.91 Å². The molecule has 6 nitrogen and oxygen atoms in total. The van der Waals surface area contributed by atoms with Crippen molar-refractivity contribution in [1.82, 2.24) is 5.32 Å². The second kappa shape index (κ2) is 10.1. The number of methoxy groups -OCH3 is 1. The van der Waals surface area contributed by atoms with Crippen molar-refractivity contribution < 1.29 is 19.4 Å². The molecule has 6 heteroatoms. The number of aromatic hydroxyl groups is 1. The lowest BCUT2D eigenvalue weighted by Crippen LogP contribution is -2.51. The zero-order valence-corrected chi connectivity index (χ0v) is 22.2. The largest absolute Gasteiger partial charge is 0.504 e. The van der Waals surface area contributed by atoms with E-state index in [9.17, 15) is 14.7 Å². The van der Waals surface area contributed by atoms with Gasteiger partial charge in [-0.1, -0.05) is 56.3 Å². The molecule has 0 bridgehead atoms. The number of hydrogen-bond donors (Lipinski definition) is 2. The molecule has 0 saturated heterocycles. The van der Waals surface area contributed by atoms with Crippen molar-refractivity contribution in [2.45, 2.75) is 52.1 Å². The standard InChI is InChI=1S/C31H34N2O4/c1-19(2)21-12-14-22(15-13-21)33-28(29(35)32-31(3,4)5)24-10-8-7-9-23(24)25(30(33)36)17-20-11-16-26(34)27(18-20)37-6/h7-19,28,34H,1-6H3,(H,32,35)/b25-17+. The van der Waals surface area contributed by atoms with Crippen molar-refractivity contribution in [3.63, 3.8) is 0 Å². The van der Waals surface area contributed by atoms with E-state index in [-0.39, 0.29) is 17.6 Å². The molecule has 0 fully saturated rings. The minimum Gasteiger partial charge on any atom is -0.504 e. The van der Waals surface area contributed by atoms with Gasteiger partial charge in [-0.3, -0.25) is 14.5 Å². The zero-order valence-electron chi connectivity index (χ0n) is 22.2. The van der Waals surface area contributed by atoms with E-state index in [0.29, 0.717) is 34.1 Å². The second-order valence-corrected chi connectivity index (χ2v) is 10.6. The Labute approximate surface area is 218 Å². The first kappa shape index (κ1) is 26.0. The number of nitrogens with zero attached hydrogens (tertiary/aromatic N) is 1. The highest BCUT2D eigenvalue weighted by molar-refractivity contribution is 6.33. The third kappa shape index (κ3) is 5.38. The molecule has 0 saturated carbocycles. The summed E-state index contributed by atoms with van der Waals surface area (Å²) in [6, 6.07) is 19.4. The van der Waals surface area contributed by atoms with Gasteiger partial charge in [0.15, 0.2) is 11.5 Å². The average Bonchev–Trinajstić information content (AvgIpc) is 2.85. The lowest BCUT2D eigenvalue weighted by Gasteiger charge is -2.38. The van der Waals surface area contributed by atoms with Crippen molar-refractivity contribution in [2.24, 2.45) is 0 Å². The van der Waals surface area contributed by atoms with Crippen LogP contribution < -0.4 is 15.0 Å². The first-order valence-electron chi connectivity index (χ1n) is 12.4. The van der Waals surface area contributed by atoms with Crippen LogP contribution in [0.5, 0.6) is 11.5 Å². The van der Waals surface area contributed by atoms with Crippen LogP contribution in [0.25, 0.3) is 11.6 Å². The molecule has 3 aromatic rings. The van der Waals surface area contributed by atoms with Gasteiger partial charge in [-0.15, -0.1) is 0 Å². The summed E-state index contributed by atoms with van der Waals surface area (Å²) in [6.45, 7) is 10.00. The number of benzene rings is 3. The fourth-order valence-electron chi connectivity index (χ4n) is 4.55. The third-order valence-corrected chi connectivity index (χ3v) is 6.35. The smallest absolute Gasteiger partial charge is 0.259 e. The van der Waals surface area contributed by atoms with Crippen LogP contribution in [0.4, 0.5) is 5.69 Å². The Hall–Kier alpha value is -4.06. The molecule has 1 unspecified atom stereocenters. The number of carbonyl (C=O) groups excluding carboxylic acids is 2. The predicted molar refractivity (Wildman–Crippen MR) is 148 cm³/mol. The molecular formula is C31H34N2O4. The molecule has 3 aromatic carbocycles. The molecule has 0 aliphatic carbocycles. The lowest BCUT2D eigenvalue weighted by atomic mass is 9.86. The van der Waals surface area contributed by atoms with E-state index < -0.39 is 11.6 Å². The normalized spacial score (nSPS) is 16.6. The number of anilines is 1. The van der Waals surface area contributed by atoms with Gasteiger partial charge >= 0.3 is 0 Å². The van der Waals surface area contributed by atoms with Crippen LogP contribution in [-0.4, -0.2) is 29.6 Å². The molecule has 1 aliphatic heterocycles. The van der Waals surface area contributed by atoms with Gasteiger partial charge in [0.25, 0.3) is 5.91 Å². The molecule has 1 aliphatic rings. The molecule has 4 rings (SSSR count). The summed E-state index contributed by atoms with van der Waals surface area (Å²) in [5.41, 5.74) is 3.92. The van der Waals surface area contributed by atoms with Crippen LogP contribution in [0.15, 0.2) is 66.7 Å². The van der Waals surface area contributed by atoms with Crippen LogP contribution in [0.2, 0.25) is 0 Å². The van der Waals surface area contributed by atoms with Crippen LogP contribution in [0.1, 0.15) is 68.8 Å². The molecule has 37 heavy (non-hydrogen) atoms. The van der Waals surface area contributed by atoms with E-state index >= 15 is 0 Å². The molecule has 0 spiro atoms. The highest BCUT2D eigenvalue weighted by Gasteiger charge is 2.41. The van der Waals surface area contributed by atoms with Crippen molar-refractivity contribution in [3.05, 3.63) is 89.0 Å². The van der Waals surface area contributed by atoms with E-state index in [1.807, 2.05) is 69.3 Å². The number of phenolic OH excluding ortho intramolecular Hbond substituents is 1. The van der Waals surface area contributed by atoms with Gasteiger partial charge in [0, 0.05) is 16.8 Å². The van der Waals surface area contributed by atoms with Crippen molar-refractivity contribution >= 4 is 29.2 Å². The third-order valence-electron chi connectivity index (χ3n) is 6.35. The SMILES string of the molecule is COc1cc(/C=C2/C(=O)N(c3ccc(C(C)C)cc3)C(C(=O)NC(C)(C)C)c3ccccc32)ccc1O. The number of hydrogen-bond acceptors (Lipinski definition) is 4. The highest BCUT2D eigenvalue weighted by atomic mass is 16.5. The summed E-state index contributed by atoms with van der Waals surface area (Å²) in [6.07, 6.45) is 1.77. The Balaban J connectivity index is 1.92. The number of fused-ring (bicyclic) bond motifs is 1. The summed E-state index contributed by atoms with van der Waals surface area (Å²) in [4.78, 5) is 29.5. The maximum absolute atomic E-state index is 14.2. The Bertz CT molecular complexity index is 1350. The Kier molecular flexibility index (Phi) is 7.12. The maximum Gasteiger partial charge on any atom is 0.259 e. The lowest BCUT2D eigenvalue weighted by molar-refractivity contribution is -0.126. The number of ether oxygens (including phenoxy) is 1. The molecular weight excluding hydrogens is 464 g/mol. The van der Waals surface area contributed by atoms with E-state index in [1.165, 1.54) is 13.2 Å². The van der Waals surface area contributed by atoms with Crippen molar-refractivity contribution in [3.8, 4) is 11.5 Å². The monoisotopic (exact) mass is 498 g/mol. The Morgan fingerprint density at radius 3 is 2.35 bits per heavy atom. The van der Waals surface area contributed by atoms with E-state index in [1.54, 1.807) is 23.1 Å². The summed E-state index contributed by atoms with van der Waals surface area (Å²) in [5, 5.41) is 13.1. The number of carbonyl (C=O) groups is 2. The highest BCUT2D eigenvalue weighted by Crippen LogP contribution is 2.41. The fraction of sp³-hybridized carbons (Fsp3) is 0.290. The number of rotatable bonds is 5. The average molecular weight is 499 g/mol. The molecule has 2 amide bonds. The summed E-state index contributed by atoms with van der Waals surface area (Å²) < 4.78 is 5.26. The van der Waals surface area contributed by atoms with Crippen LogP contribution >= 0.6 is 0 Å². The minimum absolute atomic E-state index is 0.0193. The summed E-state index contributed by atoms with van der Waals surface area (Å²) in [5.74, 6) is 0.149. The minimum atomic E-state index is -0.834. The zero-order chi connectivity index (χ0) is 26.9. The van der Waals surface area contributed by atoms with Gasteiger partial charge < -0.3 is 15.2 Å². The first-order valence-corrected chi connectivity index (χ1v) is 12.4. The fourth-order valence-corrected chi connectivity index (χ4v) is 4.55. The number of phenols is 1. The predicted octanol–water partition coefficient (Wildman–Crippen LogP) is 6.07. The van der Waals surface area contributed by atoms with Crippen molar-refractivity contribution in [1.29, 1.82) is 0 Å². The first-order chi connectivity index (χ1) is 17.5. The van der Waals surface area contributed by atoms with Crippen LogP contribution in [0.3, 0.4) is 0 Å².